The number of aromatic nitrogens is 2. The van der Waals surface area contributed by atoms with Gasteiger partial charge in [-0.2, -0.15) is 0 Å². The van der Waals surface area contributed by atoms with E-state index in [1.807, 2.05) is 24.3 Å². The average molecular weight is 305 g/mol. The van der Waals surface area contributed by atoms with Gasteiger partial charge in [0.1, 0.15) is 5.82 Å². The third-order valence-electron chi connectivity index (χ3n) is 4.15. The van der Waals surface area contributed by atoms with Crippen LogP contribution in [0.2, 0.25) is 5.28 Å². The summed E-state index contributed by atoms with van der Waals surface area (Å²) in [5.41, 5.74) is 0.880. The molecule has 0 bridgehead atoms. The third-order valence-corrected chi connectivity index (χ3v) is 4.32. The highest BCUT2D eigenvalue weighted by Gasteiger charge is 2.17. The monoisotopic (exact) mass is 304 g/mol. The SMILES string of the molecule is CC(CNc1nc(Cl)nc2ccccc12)N1CCCCC1. The summed E-state index contributed by atoms with van der Waals surface area (Å²) in [5, 5.41) is 4.76. The molecular weight excluding hydrogens is 284 g/mol. The van der Waals surface area contributed by atoms with Crippen molar-refractivity contribution in [1.82, 2.24) is 14.9 Å². The molecule has 1 aromatic carbocycles. The topological polar surface area (TPSA) is 41.1 Å². The number of likely N-dealkylation sites (tertiary alicyclic amines) is 1. The number of hydrogen-bond donors (Lipinski definition) is 1. The van der Waals surface area contributed by atoms with Gasteiger partial charge in [0.15, 0.2) is 0 Å². The van der Waals surface area contributed by atoms with Crippen LogP contribution in [0.15, 0.2) is 24.3 Å². The molecule has 1 unspecified atom stereocenters. The summed E-state index contributed by atoms with van der Waals surface area (Å²) < 4.78 is 0. The van der Waals surface area contributed by atoms with E-state index in [2.05, 4.69) is 27.1 Å². The number of piperidine rings is 1. The highest BCUT2D eigenvalue weighted by molar-refractivity contribution is 6.28. The molecule has 2 heterocycles. The normalized spacial score (nSPS) is 17.8. The first-order chi connectivity index (χ1) is 10.2. The van der Waals surface area contributed by atoms with Crippen LogP contribution < -0.4 is 5.32 Å². The lowest BCUT2D eigenvalue weighted by molar-refractivity contribution is 0.180. The van der Waals surface area contributed by atoms with Gasteiger partial charge in [0, 0.05) is 18.0 Å². The molecule has 1 aliphatic rings. The van der Waals surface area contributed by atoms with Crippen molar-refractivity contribution in [2.75, 3.05) is 25.0 Å². The maximum atomic E-state index is 6.02. The van der Waals surface area contributed by atoms with Crippen LogP contribution in [0.5, 0.6) is 0 Å². The first kappa shape index (κ1) is 14.5. The maximum absolute atomic E-state index is 6.02. The molecule has 21 heavy (non-hydrogen) atoms. The van der Waals surface area contributed by atoms with Gasteiger partial charge in [0.2, 0.25) is 5.28 Å². The second kappa shape index (κ2) is 6.58. The van der Waals surface area contributed by atoms with Gasteiger partial charge < -0.3 is 5.32 Å². The summed E-state index contributed by atoms with van der Waals surface area (Å²) in [6, 6.07) is 8.45. The molecule has 1 saturated heterocycles. The molecule has 0 aliphatic carbocycles. The van der Waals surface area contributed by atoms with Crippen LogP contribution >= 0.6 is 11.6 Å². The van der Waals surface area contributed by atoms with E-state index in [0.29, 0.717) is 11.3 Å². The van der Waals surface area contributed by atoms with Crippen molar-refractivity contribution >= 4 is 28.3 Å². The fraction of sp³-hybridized carbons (Fsp3) is 0.500. The van der Waals surface area contributed by atoms with Gasteiger partial charge in [0.05, 0.1) is 5.52 Å². The average Bonchev–Trinajstić information content (AvgIpc) is 2.53. The van der Waals surface area contributed by atoms with E-state index in [0.717, 1.165) is 23.3 Å². The Morgan fingerprint density at radius 1 is 1.19 bits per heavy atom. The Morgan fingerprint density at radius 3 is 2.76 bits per heavy atom. The zero-order valence-electron chi connectivity index (χ0n) is 12.3. The summed E-state index contributed by atoms with van der Waals surface area (Å²) >= 11 is 6.02. The molecule has 0 saturated carbocycles. The summed E-state index contributed by atoms with van der Waals surface area (Å²) in [7, 11) is 0. The third kappa shape index (κ3) is 3.44. The van der Waals surface area contributed by atoms with Gasteiger partial charge in [-0.05, 0) is 56.6 Å². The molecular formula is C16H21ClN4. The Hall–Kier alpha value is -1.39. The number of nitrogens with one attached hydrogen (secondary N) is 1. The Balaban J connectivity index is 1.72. The zero-order chi connectivity index (χ0) is 14.7. The molecule has 1 atom stereocenters. The number of benzene rings is 1. The van der Waals surface area contributed by atoms with Gasteiger partial charge in [-0.3, -0.25) is 4.90 Å². The van der Waals surface area contributed by atoms with Crippen LogP contribution in [0.3, 0.4) is 0 Å². The molecule has 3 rings (SSSR count). The molecule has 2 aromatic rings. The van der Waals surface area contributed by atoms with Crippen LogP contribution in [-0.4, -0.2) is 40.5 Å². The Labute approximate surface area is 130 Å². The van der Waals surface area contributed by atoms with Crippen molar-refractivity contribution in [2.24, 2.45) is 0 Å². The lowest BCUT2D eigenvalue weighted by Crippen LogP contribution is -2.41. The molecule has 0 radical (unpaired) electrons. The van der Waals surface area contributed by atoms with Crippen molar-refractivity contribution in [1.29, 1.82) is 0 Å². The Kier molecular flexibility index (Phi) is 4.56. The number of anilines is 1. The predicted molar refractivity (Wildman–Crippen MR) is 87.9 cm³/mol. The molecule has 1 aliphatic heterocycles. The fourth-order valence-electron chi connectivity index (χ4n) is 2.92. The number of hydrogen-bond acceptors (Lipinski definition) is 4. The molecule has 5 heteroatoms. The summed E-state index contributed by atoms with van der Waals surface area (Å²) in [4.78, 5) is 11.1. The molecule has 4 nitrogen and oxygen atoms in total. The van der Waals surface area contributed by atoms with E-state index >= 15 is 0 Å². The number of para-hydroxylation sites is 1. The van der Waals surface area contributed by atoms with E-state index in [-0.39, 0.29) is 0 Å². The number of nitrogens with zero attached hydrogens (tertiary/aromatic N) is 3. The van der Waals surface area contributed by atoms with E-state index in [9.17, 15) is 0 Å². The summed E-state index contributed by atoms with van der Waals surface area (Å²) in [6.45, 7) is 5.54. The van der Waals surface area contributed by atoms with Crippen LogP contribution in [-0.2, 0) is 0 Å². The standard InChI is InChI=1S/C16H21ClN4/c1-12(21-9-5-2-6-10-21)11-18-15-13-7-3-4-8-14(13)19-16(17)20-15/h3-4,7-8,12H,2,5-6,9-11H2,1H3,(H,18,19,20). The quantitative estimate of drug-likeness (QED) is 0.877. The summed E-state index contributed by atoms with van der Waals surface area (Å²) in [5.74, 6) is 0.828. The van der Waals surface area contributed by atoms with E-state index in [1.54, 1.807) is 0 Å². The van der Waals surface area contributed by atoms with Crippen LogP contribution in [0.1, 0.15) is 26.2 Å². The molecule has 0 amide bonds. The summed E-state index contributed by atoms with van der Waals surface area (Å²) in [6.07, 6.45) is 3.99. The molecule has 0 spiro atoms. The highest BCUT2D eigenvalue weighted by atomic mass is 35.5. The van der Waals surface area contributed by atoms with Crippen molar-refractivity contribution in [3.8, 4) is 0 Å². The maximum Gasteiger partial charge on any atom is 0.224 e. The van der Waals surface area contributed by atoms with Crippen molar-refractivity contribution < 1.29 is 0 Å². The largest absolute Gasteiger partial charge is 0.368 e. The van der Waals surface area contributed by atoms with Gasteiger partial charge >= 0.3 is 0 Å². The fourth-order valence-corrected chi connectivity index (χ4v) is 3.09. The number of halogens is 1. The van der Waals surface area contributed by atoms with Gasteiger partial charge in [-0.1, -0.05) is 18.6 Å². The first-order valence-electron chi connectivity index (χ1n) is 7.64. The molecule has 1 N–H and O–H groups in total. The van der Waals surface area contributed by atoms with Crippen LogP contribution in [0.4, 0.5) is 5.82 Å². The Morgan fingerprint density at radius 2 is 1.95 bits per heavy atom. The number of rotatable bonds is 4. The second-order valence-electron chi connectivity index (χ2n) is 5.68. The zero-order valence-corrected chi connectivity index (χ0v) is 13.1. The van der Waals surface area contributed by atoms with Crippen molar-refractivity contribution in [3.63, 3.8) is 0 Å². The molecule has 112 valence electrons. The van der Waals surface area contributed by atoms with Crippen molar-refractivity contribution in [2.45, 2.75) is 32.2 Å². The molecule has 1 fully saturated rings. The van der Waals surface area contributed by atoms with Gasteiger partial charge in [-0.25, -0.2) is 9.97 Å². The second-order valence-corrected chi connectivity index (χ2v) is 6.02. The smallest absolute Gasteiger partial charge is 0.224 e. The lowest BCUT2D eigenvalue weighted by Gasteiger charge is -2.32. The highest BCUT2D eigenvalue weighted by Crippen LogP contribution is 2.22. The number of fused-ring (bicyclic) bond motifs is 1. The minimum atomic E-state index is 0.293. The first-order valence-corrected chi connectivity index (χ1v) is 8.02. The minimum absolute atomic E-state index is 0.293. The van der Waals surface area contributed by atoms with E-state index in [4.69, 9.17) is 11.6 Å². The van der Waals surface area contributed by atoms with Crippen LogP contribution in [0, 0.1) is 0 Å². The van der Waals surface area contributed by atoms with Crippen LogP contribution in [0.25, 0.3) is 10.9 Å². The van der Waals surface area contributed by atoms with Gasteiger partial charge in [-0.15, -0.1) is 0 Å². The Bertz CT molecular complexity index is 610. The van der Waals surface area contributed by atoms with Crippen molar-refractivity contribution in [3.05, 3.63) is 29.5 Å². The van der Waals surface area contributed by atoms with Gasteiger partial charge in [0.25, 0.3) is 0 Å². The molecule has 1 aromatic heterocycles. The lowest BCUT2D eigenvalue weighted by atomic mass is 10.1. The van der Waals surface area contributed by atoms with E-state index in [1.165, 1.54) is 32.4 Å². The van der Waals surface area contributed by atoms with E-state index < -0.39 is 0 Å². The predicted octanol–water partition coefficient (Wildman–Crippen LogP) is 3.57. The minimum Gasteiger partial charge on any atom is -0.368 e.